The van der Waals surface area contributed by atoms with Crippen LogP contribution in [0.25, 0.3) is 11.1 Å². The number of benzene rings is 3. The van der Waals surface area contributed by atoms with Gasteiger partial charge in [-0.15, -0.1) is 0 Å². The van der Waals surface area contributed by atoms with E-state index in [1.165, 1.54) is 0 Å². The normalized spacial score (nSPS) is 17.5. The van der Waals surface area contributed by atoms with Crippen molar-refractivity contribution in [1.82, 2.24) is 4.90 Å². The molecule has 3 aromatic rings. The minimum absolute atomic E-state index is 0.0280. The second-order valence-electron chi connectivity index (χ2n) is 8.00. The Balaban J connectivity index is 1.72. The molecule has 0 spiro atoms. The van der Waals surface area contributed by atoms with Crippen LogP contribution in [-0.4, -0.2) is 36.1 Å². The zero-order valence-corrected chi connectivity index (χ0v) is 19.7. The maximum atomic E-state index is 11.1. The van der Waals surface area contributed by atoms with E-state index in [2.05, 4.69) is 18.2 Å². The molecule has 1 aliphatic heterocycles. The Bertz CT molecular complexity index is 1150. The highest BCUT2D eigenvalue weighted by atomic mass is 35.5. The van der Waals surface area contributed by atoms with E-state index in [-0.39, 0.29) is 6.54 Å². The number of halogens is 3. The third kappa shape index (κ3) is 4.66. The number of carboxylic acids is 1. The molecule has 7 heteroatoms. The minimum Gasteiger partial charge on any atom is -0.480 e. The summed E-state index contributed by atoms with van der Waals surface area (Å²) in [5, 5.41) is 10.8. The lowest BCUT2D eigenvalue weighted by Gasteiger charge is -2.32. The Morgan fingerprint density at radius 3 is 2.38 bits per heavy atom. The zero-order valence-electron chi connectivity index (χ0n) is 17.4. The van der Waals surface area contributed by atoms with Gasteiger partial charge in [0.25, 0.3) is 0 Å². The fourth-order valence-electron chi connectivity index (χ4n) is 4.21. The molecule has 0 aliphatic carbocycles. The Labute approximate surface area is 202 Å². The van der Waals surface area contributed by atoms with E-state index < -0.39 is 11.6 Å². The summed E-state index contributed by atoms with van der Waals surface area (Å²) in [5.41, 5.74) is 4.49. The predicted octanol–water partition coefficient (Wildman–Crippen LogP) is 6.49. The predicted molar refractivity (Wildman–Crippen MR) is 129 cm³/mol. The molecule has 1 heterocycles. The lowest BCUT2D eigenvalue weighted by molar-refractivity contribution is -0.138. The number of aliphatic carboxylic acids is 1. The first-order valence-corrected chi connectivity index (χ1v) is 11.3. The molecule has 4 rings (SSSR count). The van der Waals surface area contributed by atoms with Crippen LogP contribution in [0.1, 0.15) is 23.1 Å². The Kier molecular flexibility index (Phi) is 6.80. The van der Waals surface area contributed by atoms with Gasteiger partial charge in [0.1, 0.15) is 5.60 Å². The van der Waals surface area contributed by atoms with Crippen LogP contribution in [0.2, 0.25) is 15.1 Å². The molecule has 3 aromatic carbocycles. The summed E-state index contributed by atoms with van der Waals surface area (Å²) in [5.74, 6) is -0.855. The van der Waals surface area contributed by atoms with E-state index in [9.17, 15) is 4.79 Å². The summed E-state index contributed by atoms with van der Waals surface area (Å²) in [6, 6.07) is 19.5. The van der Waals surface area contributed by atoms with Crippen LogP contribution < -0.4 is 0 Å². The fourth-order valence-corrected chi connectivity index (χ4v) is 4.63. The molecule has 0 bridgehead atoms. The molecule has 166 valence electrons. The Morgan fingerprint density at radius 1 is 1.00 bits per heavy atom. The first-order valence-electron chi connectivity index (χ1n) is 10.2. The molecule has 1 atom stereocenters. The number of carbonyl (C=O) groups is 1. The van der Waals surface area contributed by atoms with Crippen molar-refractivity contribution in [3.05, 3.63) is 92.4 Å². The Hall–Kier alpha value is -2.08. The van der Waals surface area contributed by atoms with Crippen molar-refractivity contribution in [2.24, 2.45) is 0 Å². The van der Waals surface area contributed by atoms with Gasteiger partial charge in [-0.3, -0.25) is 9.69 Å². The molecule has 32 heavy (non-hydrogen) atoms. The number of fused-ring (bicyclic) bond motifs is 1. The van der Waals surface area contributed by atoms with E-state index in [0.717, 1.165) is 27.8 Å². The van der Waals surface area contributed by atoms with Crippen LogP contribution in [0.4, 0.5) is 0 Å². The summed E-state index contributed by atoms with van der Waals surface area (Å²) in [6.07, 6.45) is 0.609. The highest BCUT2D eigenvalue weighted by molar-refractivity contribution is 6.42. The topological polar surface area (TPSA) is 49.8 Å². The van der Waals surface area contributed by atoms with Crippen molar-refractivity contribution in [2.45, 2.75) is 18.6 Å². The number of hydrogen-bond donors (Lipinski definition) is 1. The quantitative estimate of drug-likeness (QED) is 0.411. The number of likely N-dealkylation sites (N-methyl/N-ethyl adjacent to an activating group) is 1. The van der Waals surface area contributed by atoms with E-state index >= 15 is 0 Å². The lowest BCUT2D eigenvalue weighted by Crippen LogP contribution is -2.34. The number of nitrogens with zero attached hydrogens (tertiary/aromatic N) is 1. The first kappa shape index (κ1) is 23.1. The number of carboxylic acid groups (broad SMARTS) is 1. The van der Waals surface area contributed by atoms with Gasteiger partial charge < -0.3 is 9.84 Å². The van der Waals surface area contributed by atoms with Crippen molar-refractivity contribution in [3.63, 3.8) is 0 Å². The largest absolute Gasteiger partial charge is 0.480 e. The number of hydrogen-bond acceptors (Lipinski definition) is 3. The second kappa shape index (κ2) is 9.42. The molecule has 0 amide bonds. The SMILES string of the molecule is CN(CCC1(c2ccc(Cl)cc2)OCc2cc(-c3ccc(Cl)c(Cl)c3)ccc21)CC(=O)O. The molecule has 0 saturated carbocycles. The second-order valence-corrected chi connectivity index (χ2v) is 9.26. The van der Waals surface area contributed by atoms with Gasteiger partial charge in [-0.1, -0.05) is 65.1 Å². The van der Waals surface area contributed by atoms with Gasteiger partial charge in [-0.05, 0) is 71.6 Å². The monoisotopic (exact) mass is 489 g/mol. The lowest BCUT2D eigenvalue weighted by atomic mass is 9.82. The molecular formula is C25H22Cl3NO3. The van der Waals surface area contributed by atoms with Gasteiger partial charge in [0.05, 0.1) is 23.2 Å². The van der Waals surface area contributed by atoms with Crippen LogP contribution in [0.5, 0.6) is 0 Å². The number of rotatable bonds is 7. The van der Waals surface area contributed by atoms with Crippen molar-refractivity contribution in [1.29, 1.82) is 0 Å². The van der Waals surface area contributed by atoms with Crippen molar-refractivity contribution in [2.75, 3.05) is 20.1 Å². The maximum Gasteiger partial charge on any atom is 0.317 e. The first-order chi connectivity index (χ1) is 15.3. The third-order valence-electron chi connectivity index (χ3n) is 5.83. The van der Waals surface area contributed by atoms with Crippen molar-refractivity contribution < 1.29 is 14.6 Å². The molecular weight excluding hydrogens is 469 g/mol. The highest BCUT2D eigenvalue weighted by Crippen LogP contribution is 2.46. The molecule has 0 aromatic heterocycles. The average Bonchev–Trinajstić information content (AvgIpc) is 3.13. The molecule has 0 saturated heterocycles. The van der Waals surface area contributed by atoms with Crippen LogP contribution in [0.15, 0.2) is 60.7 Å². The summed E-state index contributed by atoms with van der Waals surface area (Å²) in [4.78, 5) is 12.9. The zero-order chi connectivity index (χ0) is 22.9. The standard InChI is InChI=1S/C25H22Cl3NO3/c1-29(14-24(30)31)11-10-25(19-4-6-20(26)7-5-19)21-8-2-16(12-18(21)15-32-25)17-3-9-22(27)23(28)13-17/h2-9,12-13H,10-11,14-15H2,1H3,(H,30,31). The number of ether oxygens (including phenoxy) is 1. The molecule has 1 aliphatic rings. The summed E-state index contributed by atoms with van der Waals surface area (Å²) < 4.78 is 6.46. The molecule has 1 unspecified atom stereocenters. The van der Waals surface area contributed by atoms with Gasteiger partial charge >= 0.3 is 5.97 Å². The van der Waals surface area contributed by atoms with E-state index in [1.54, 1.807) is 18.0 Å². The van der Waals surface area contributed by atoms with Crippen molar-refractivity contribution >= 4 is 40.8 Å². The van der Waals surface area contributed by atoms with Gasteiger partial charge in [-0.25, -0.2) is 0 Å². The van der Waals surface area contributed by atoms with E-state index in [0.29, 0.717) is 34.6 Å². The molecule has 0 fully saturated rings. The highest BCUT2D eigenvalue weighted by Gasteiger charge is 2.41. The molecule has 4 nitrogen and oxygen atoms in total. The fraction of sp³-hybridized carbons (Fsp3) is 0.240. The average molecular weight is 491 g/mol. The third-order valence-corrected chi connectivity index (χ3v) is 6.82. The molecule has 0 radical (unpaired) electrons. The smallest absolute Gasteiger partial charge is 0.317 e. The summed E-state index contributed by atoms with van der Waals surface area (Å²) in [6.45, 7) is 0.985. The van der Waals surface area contributed by atoms with E-state index in [4.69, 9.17) is 44.6 Å². The summed E-state index contributed by atoms with van der Waals surface area (Å²) >= 11 is 18.4. The van der Waals surface area contributed by atoms with Gasteiger partial charge in [-0.2, -0.15) is 0 Å². The van der Waals surface area contributed by atoms with Crippen LogP contribution in [0, 0.1) is 0 Å². The van der Waals surface area contributed by atoms with E-state index in [1.807, 2.05) is 36.4 Å². The minimum atomic E-state index is -0.855. The van der Waals surface area contributed by atoms with Gasteiger partial charge in [0, 0.05) is 11.6 Å². The summed E-state index contributed by atoms with van der Waals surface area (Å²) in [7, 11) is 1.80. The van der Waals surface area contributed by atoms with Crippen LogP contribution in [-0.2, 0) is 21.7 Å². The van der Waals surface area contributed by atoms with Gasteiger partial charge in [0.2, 0.25) is 0 Å². The van der Waals surface area contributed by atoms with Crippen molar-refractivity contribution in [3.8, 4) is 11.1 Å². The molecule has 1 N–H and O–H groups in total. The van der Waals surface area contributed by atoms with Crippen LogP contribution in [0.3, 0.4) is 0 Å². The van der Waals surface area contributed by atoms with Crippen LogP contribution >= 0.6 is 34.8 Å². The maximum absolute atomic E-state index is 11.1. The van der Waals surface area contributed by atoms with Gasteiger partial charge in [0.15, 0.2) is 0 Å². The Morgan fingerprint density at radius 2 is 1.69 bits per heavy atom.